The zero-order chi connectivity index (χ0) is 18.7. The Kier molecular flexibility index (Phi) is 5.37. The van der Waals surface area contributed by atoms with Gasteiger partial charge in [-0.3, -0.25) is 9.59 Å². The van der Waals surface area contributed by atoms with Crippen LogP contribution in [-0.4, -0.2) is 47.9 Å². The Morgan fingerprint density at radius 3 is 2.46 bits per heavy atom. The van der Waals surface area contributed by atoms with E-state index in [0.717, 1.165) is 5.82 Å². The summed E-state index contributed by atoms with van der Waals surface area (Å²) in [6, 6.07) is 7.56. The third-order valence-corrected chi connectivity index (χ3v) is 4.56. The van der Waals surface area contributed by atoms with Gasteiger partial charge in [-0.15, -0.1) is 0 Å². The third-order valence-electron chi connectivity index (χ3n) is 4.24. The fraction of sp³-hybridized carbons (Fsp3) is 0.278. The standard InChI is InChI=1S/C18H18ClFN4O2/c1-12(25)23-7-9-24(10-8-23)16-6-5-13(11-21-16)22-18(26)17-14(19)3-2-4-15(17)20/h2-6,11H,7-10H2,1H3,(H,22,26). The lowest BCUT2D eigenvalue weighted by atomic mass is 10.2. The molecule has 0 atom stereocenters. The molecule has 136 valence electrons. The smallest absolute Gasteiger partial charge is 0.260 e. The molecule has 0 bridgehead atoms. The molecule has 1 fully saturated rings. The zero-order valence-corrected chi connectivity index (χ0v) is 15.0. The molecule has 0 spiro atoms. The number of carbonyl (C=O) groups is 2. The van der Waals surface area contributed by atoms with Crippen molar-refractivity contribution >= 4 is 34.9 Å². The Hall–Kier alpha value is -2.67. The van der Waals surface area contributed by atoms with E-state index in [0.29, 0.717) is 31.9 Å². The zero-order valence-electron chi connectivity index (χ0n) is 14.2. The summed E-state index contributed by atoms with van der Waals surface area (Å²) >= 11 is 5.90. The summed E-state index contributed by atoms with van der Waals surface area (Å²) < 4.78 is 13.8. The highest BCUT2D eigenvalue weighted by atomic mass is 35.5. The summed E-state index contributed by atoms with van der Waals surface area (Å²) in [4.78, 5) is 31.8. The van der Waals surface area contributed by atoms with Crippen molar-refractivity contribution in [3.05, 3.63) is 52.9 Å². The van der Waals surface area contributed by atoms with Crippen molar-refractivity contribution in [1.82, 2.24) is 9.88 Å². The monoisotopic (exact) mass is 376 g/mol. The fourth-order valence-corrected chi connectivity index (χ4v) is 3.05. The van der Waals surface area contributed by atoms with Crippen LogP contribution in [0.15, 0.2) is 36.5 Å². The first kappa shape index (κ1) is 18.1. The lowest BCUT2D eigenvalue weighted by Crippen LogP contribution is -2.48. The van der Waals surface area contributed by atoms with E-state index < -0.39 is 11.7 Å². The molecule has 1 aliphatic rings. The SMILES string of the molecule is CC(=O)N1CCN(c2ccc(NC(=O)c3c(F)cccc3Cl)cn2)CC1. The minimum Gasteiger partial charge on any atom is -0.353 e. The average Bonchev–Trinajstić information content (AvgIpc) is 2.62. The number of hydrogen-bond donors (Lipinski definition) is 1. The number of aromatic nitrogens is 1. The number of rotatable bonds is 3. The van der Waals surface area contributed by atoms with Crippen molar-refractivity contribution in [2.45, 2.75) is 6.92 Å². The maximum absolute atomic E-state index is 13.8. The van der Waals surface area contributed by atoms with E-state index in [1.807, 2.05) is 0 Å². The molecule has 2 amide bonds. The molecule has 2 aromatic rings. The van der Waals surface area contributed by atoms with Gasteiger partial charge < -0.3 is 15.1 Å². The number of nitrogens with one attached hydrogen (secondary N) is 1. The Morgan fingerprint density at radius 1 is 1.15 bits per heavy atom. The summed E-state index contributed by atoms with van der Waals surface area (Å²) in [5.74, 6) is -0.474. The van der Waals surface area contributed by atoms with E-state index in [9.17, 15) is 14.0 Å². The first-order valence-electron chi connectivity index (χ1n) is 8.17. The van der Waals surface area contributed by atoms with Crippen LogP contribution in [-0.2, 0) is 4.79 Å². The molecule has 2 heterocycles. The summed E-state index contributed by atoms with van der Waals surface area (Å²) in [6.45, 7) is 4.27. The Bertz CT molecular complexity index is 800. The number of pyridine rings is 1. The van der Waals surface area contributed by atoms with Crippen molar-refractivity contribution in [3.63, 3.8) is 0 Å². The number of halogens is 2. The molecule has 0 radical (unpaired) electrons. The minimum atomic E-state index is -0.678. The van der Waals surface area contributed by atoms with E-state index in [-0.39, 0.29) is 16.5 Å². The maximum Gasteiger partial charge on any atom is 0.260 e. The van der Waals surface area contributed by atoms with Gasteiger partial charge in [0.25, 0.3) is 5.91 Å². The van der Waals surface area contributed by atoms with E-state index >= 15 is 0 Å². The molecule has 6 nitrogen and oxygen atoms in total. The number of anilines is 2. The molecular formula is C18H18ClFN4O2. The minimum absolute atomic E-state index is 0.0513. The topological polar surface area (TPSA) is 65.5 Å². The van der Waals surface area contributed by atoms with Gasteiger partial charge in [0.2, 0.25) is 5.91 Å². The molecule has 1 N–H and O–H groups in total. The maximum atomic E-state index is 13.8. The largest absolute Gasteiger partial charge is 0.353 e. The fourth-order valence-electron chi connectivity index (χ4n) is 2.81. The highest BCUT2D eigenvalue weighted by Gasteiger charge is 2.20. The van der Waals surface area contributed by atoms with Crippen LogP contribution in [0.1, 0.15) is 17.3 Å². The van der Waals surface area contributed by atoms with E-state index in [4.69, 9.17) is 11.6 Å². The second kappa shape index (κ2) is 7.70. The second-order valence-electron chi connectivity index (χ2n) is 5.95. The van der Waals surface area contributed by atoms with Crippen molar-refractivity contribution in [3.8, 4) is 0 Å². The second-order valence-corrected chi connectivity index (χ2v) is 6.36. The Labute approximate surface area is 155 Å². The predicted octanol–water partition coefficient (Wildman–Crippen LogP) is 2.79. The molecule has 3 rings (SSSR count). The van der Waals surface area contributed by atoms with Crippen molar-refractivity contribution in [1.29, 1.82) is 0 Å². The van der Waals surface area contributed by atoms with E-state index in [1.54, 1.807) is 24.0 Å². The molecule has 1 aliphatic heterocycles. The molecule has 0 saturated carbocycles. The van der Waals surface area contributed by atoms with Gasteiger partial charge in [0, 0.05) is 33.1 Å². The number of nitrogens with zero attached hydrogens (tertiary/aromatic N) is 3. The van der Waals surface area contributed by atoms with Gasteiger partial charge in [-0.05, 0) is 24.3 Å². The molecule has 1 aromatic heterocycles. The number of hydrogen-bond acceptors (Lipinski definition) is 4. The first-order chi connectivity index (χ1) is 12.5. The van der Waals surface area contributed by atoms with Crippen LogP contribution in [0.2, 0.25) is 5.02 Å². The van der Waals surface area contributed by atoms with Crippen LogP contribution in [0.4, 0.5) is 15.9 Å². The summed E-state index contributed by atoms with van der Waals surface area (Å²) in [5, 5.41) is 2.65. The third kappa shape index (κ3) is 3.94. The average molecular weight is 377 g/mol. The molecule has 0 aliphatic carbocycles. The van der Waals surface area contributed by atoms with Crippen LogP contribution >= 0.6 is 11.6 Å². The number of piperazine rings is 1. The summed E-state index contributed by atoms with van der Waals surface area (Å²) in [7, 11) is 0. The normalized spacial score (nSPS) is 14.3. The molecule has 26 heavy (non-hydrogen) atoms. The van der Waals surface area contributed by atoms with Crippen LogP contribution < -0.4 is 10.2 Å². The van der Waals surface area contributed by atoms with Gasteiger partial charge >= 0.3 is 0 Å². The molecular weight excluding hydrogens is 359 g/mol. The van der Waals surface area contributed by atoms with Gasteiger partial charge in [0.1, 0.15) is 11.6 Å². The van der Waals surface area contributed by atoms with E-state index in [2.05, 4.69) is 15.2 Å². The summed E-state index contributed by atoms with van der Waals surface area (Å²) in [5.41, 5.74) is 0.249. The number of amides is 2. The van der Waals surface area contributed by atoms with Crippen LogP contribution in [0.5, 0.6) is 0 Å². The lowest BCUT2D eigenvalue weighted by molar-refractivity contribution is -0.129. The highest BCUT2D eigenvalue weighted by Crippen LogP contribution is 2.21. The molecule has 1 aromatic carbocycles. The quantitative estimate of drug-likeness (QED) is 0.894. The predicted molar refractivity (Wildman–Crippen MR) is 98.1 cm³/mol. The van der Waals surface area contributed by atoms with Gasteiger partial charge in [-0.25, -0.2) is 9.37 Å². The van der Waals surface area contributed by atoms with Crippen LogP contribution in [0.25, 0.3) is 0 Å². The van der Waals surface area contributed by atoms with Crippen LogP contribution in [0.3, 0.4) is 0 Å². The van der Waals surface area contributed by atoms with Crippen LogP contribution in [0, 0.1) is 5.82 Å². The summed E-state index contributed by atoms with van der Waals surface area (Å²) in [6.07, 6.45) is 1.51. The van der Waals surface area contributed by atoms with Crippen molar-refractivity contribution in [2.75, 3.05) is 36.4 Å². The van der Waals surface area contributed by atoms with Crippen molar-refractivity contribution in [2.24, 2.45) is 0 Å². The first-order valence-corrected chi connectivity index (χ1v) is 8.55. The highest BCUT2D eigenvalue weighted by molar-refractivity contribution is 6.34. The molecule has 0 unspecified atom stereocenters. The van der Waals surface area contributed by atoms with Gasteiger partial charge in [-0.1, -0.05) is 17.7 Å². The van der Waals surface area contributed by atoms with Gasteiger partial charge in [-0.2, -0.15) is 0 Å². The van der Waals surface area contributed by atoms with Crippen molar-refractivity contribution < 1.29 is 14.0 Å². The van der Waals surface area contributed by atoms with Gasteiger partial charge in [0.15, 0.2) is 0 Å². The lowest BCUT2D eigenvalue weighted by Gasteiger charge is -2.34. The van der Waals surface area contributed by atoms with Gasteiger partial charge in [0.05, 0.1) is 22.5 Å². The molecule has 1 saturated heterocycles. The molecule has 8 heteroatoms. The Morgan fingerprint density at radius 2 is 1.88 bits per heavy atom. The van der Waals surface area contributed by atoms with E-state index in [1.165, 1.54) is 24.4 Å². The Balaban J connectivity index is 1.65. The number of benzene rings is 1. The number of carbonyl (C=O) groups excluding carboxylic acids is 2.